The molecule has 0 spiro atoms. The normalized spacial score (nSPS) is 14.4. The molecule has 2 heterocycles. The van der Waals surface area contributed by atoms with E-state index in [1.165, 1.54) is 15.7 Å². The molecule has 0 saturated carbocycles. The van der Waals surface area contributed by atoms with Crippen molar-refractivity contribution < 1.29 is 9.90 Å². The van der Waals surface area contributed by atoms with Crippen molar-refractivity contribution in [1.82, 2.24) is 35.2 Å². The summed E-state index contributed by atoms with van der Waals surface area (Å²) in [6, 6.07) is -0.380. The summed E-state index contributed by atoms with van der Waals surface area (Å²) in [6.45, 7) is 3.35. The lowest BCUT2D eigenvalue weighted by atomic mass is 10.0. The number of carbonyl (C=O) groups is 1. The number of hydrogen-bond donors (Lipinski definition) is 1. The van der Waals surface area contributed by atoms with Gasteiger partial charge in [0.25, 0.3) is 0 Å². The van der Waals surface area contributed by atoms with Crippen LogP contribution in [0.3, 0.4) is 0 Å². The lowest BCUT2D eigenvalue weighted by Crippen LogP contribution is -2.23. The first-order valence-electron chi connectivity index (χ1n) is 5.38. The number of aliphatic carboxylic acids is 1. The van der Waals surface area contributed by atoms with Crippen LogP contribution in [0.1, 0.15) is 19.9 Å². The Morgan fingerprint density at radius 1 is 1.44 bits per heavy atom. The Morgan fingerprint density at radius 2 is 2.17 bits per heavy atom. The van der Waals surface area contributed by atoms with Gasteiger partial charge in [-0.2, -0.15) is 15.0 Å². The molecule has 1 N–H and O–H groups in total. The zero-order valence-electron chi connectivity index (χ0n) is 10.2. The fourth-order valence-corrected chi connectivity index (χ4v) is 1.50. The average molecular weight is 251 g/mol. The Balaban J connectivity index is 2.36. The van der Waals surface area contributed by atoms with E-state index >= 15 is 0 Å². The van der Waals surface area contributed by atoms with Crippen LogP contribution < -0.4 is 0 Å². The zero-order valence-corrected chi connectivity index (χ0v) is 10.2. The van der Waals surface area contributed by atoms with Crippen molar-refractivity contribution in [2.45, 2.75) is 19.9 Å². The third-order valence-corrected chi connectivity index (χ3v) is 2.82. The van der Waals surface area contributed by atoms with E-state index in [0.717, 1.165) is 0 Å². The molecule has 0 fully saturated rings. The third-order valence-electron chi connectivity index (χ3n) is 2.82. The van der Waals surface area contributed by atoms with Gasteiger partial charge < -0.3 is 5.11 Å². The molecule has 2 atom stereocenters. The summed E-state index contributed by atoms with van der Waals surface area (Å²) >= 11 is 0. The molecule has 0 aliphatic rings. The molecule has 9 heteroatoms. The molecule has 9 nitrogen and oxygen atoms in total. The van der Waals surface area contributed by atoms with Crippen LogP contribution in [0.4, 0.5) is 0 Å². The molecular weight excluding hydrogens is 238 g/mol. The van der Waals surface area contributed by atoms with E-state index in [4.69, 9.17) is 5.11 Å². The maximum atomic E-state index is 11.0. The van der Waals surface area contributed by atoms with E-state index in [9.17, 15) is 4.79 Å². The maximum absolute atomic E-state index is 11.0. The van der Waals surface area contributed by atoms with Crippen LogP contribution >= 0.6 is 0 Å². The van der Waals surface area contributed by atoms with Gasteiger partial charge in [-0.3, -0.25) is 4.79 Å². The Morgan fingerprint density at radius 3 is 2.72 bits per heavy atom. The van der Waals surface area contributed by atoms with Crippen molar-refractivity contribution in [2.24, 2.45) is 13.0 Å². The lowest BCUT2D eigenvalue weighted by Gasteiger charge is -2.16. The molecule has 96 valence electrons. The summed E-state index contributed by atoms with van der Waals surface area (Å²) in [5, 5.41) is 28.3. The molecule has 2 rings (SSSR count). The van der Waals surface area contributed by atoms with Crippen LogP contribution in [-0.4, -0.2) is 46.3 Å². The minimum absolute atomic E-state index is 0.380. The van der Waals surface area contributed by atoms with Crippen LogP contribution in [-0.2, 0) is 11.8 Å². The maximum Gasteiger partial charge on any atom is 0.308 e. The summed E-state index contributed by atoms with van der Waals surface area (Å²) in [4.78, 5) is 12.4. The van der Waals surface area contributed by atoms with Crippen LogP contribution in [0.5, 0.6) is 0 Å². The quantitative estimate of drug-likeness (QED) is 0.797. The Labute approximate surface area is 102 Å². The van der Waals surface area contributed by atoms with Gasteiger partial charge in [0.1, 0.15) is 0 Å². The van der Waals surface area contributed by atoms with Gasteiger partial charge >= 0.3 is 5.97 Å². The third kappa shape index (κ3) is 2.06. The predicted molar refractivity (Wildman–Crippen MR) is 59.3 cm³/mol. The van der Waals surface area contributed by atoms with Crippen LogP contribution in [0.15, 0.2) is 6.20 Å². The number of hydrogen-bond acceptors (Lipinski definition) is 6. The van der Waals surface area contributed by atoms with Crippen molar-refractivity contribution >= 4 is 5.97 Å². The van der Waals surface area contributed by atoms with Crippen molar-refractivity contribution in [3.63, 3.8) is 0 Å². The highest BCUT2D eigenvalue weighted by Crippen LogP contribution is 2.21. The molecule has 0 aliphatic carbocycles. The van der Waals surface area contributed by atoms with Crippen molar-refractivity contribution in [3.05, 3.63) is 6.20 Å². The number of aryl methyl sites for hydroxylation is 1. The summed E-state index contributed by atoms with van der Waals surface area (Å²) in [6.07, 6.45) is 1.53. The first-order chi connectivity index (χ1) is 8.50. The molecule has 2 unspecified atom stereocenters. The minimum Gasteiger partial charge on any atom is -0.481 e. The zero-order chi connectivity index (χ0) is 13.3. The smallest absolute Gasteiger partial charge is 0.308 e. The molecule has 0 aromatic carbocycles. The van der Waals surface area contributed by atoms with Crippen molar-refractivity contribution in [2.75, 3.05) is 0 Å². The number of aromatic nitrogens is 7. The van der Waals surface area contributed by atoms with Gasteiger partial charge in [-0.05, 0) is 24.3 Å². The van der Waals surface area contributed by atoms with Crippen LogP contribution in [0.2, 0.25) is 0 Å². The van der Waals surface area contributed by atoms with E-state index in [-0.39, 0.29) is 6.04 Å². The monoisotopic (exact) mass is 251 g/mol. The van der Waals surface area contributed by atoms with Gasteiger partial charge in [-0.1, -0.05) is 0 Å². The number of nitrogens with zero attached hydrogens (tertiary/aromatic N) is 7. The SMILES string of the molecule is CC(C(=O)O)C(C)n1nnnc1-c1cnn(C)n1. The van der Waals surface area contributed by atoms with E-state index in [0.29, 0.717) is 11.5 Å². The molecule has 0 bridgehead atoms. The van der Waals surface area contributed by atoms with Gasteiger partial charge in [0.2, 0.25) is 5.82 Å². The highest BCUT2D eigenvalue weighted by Gasteiger charge is 2.25. The lowest BCUT2D eigenvalue weighted by molar-refractivity contribution is -0.142. The van der Waals surface area contributed by atoms with Gasteiger partial charge in [0.05, 0.1) is 18.2 Å². The summed E-state index contributed by atoms with van der Waals surface area (Å²) < 4.78 is 1.45. The fraction of sp³-hybridized carbons (Fsp3) is 0.556. The number of carboxylic acids is 1. The molecular formula is C9H13N7O2. The number of tetrazole rings is 1. The molecule has 2 aromatic heterocycles. The van der Waals surface area contributed by atoms with Crippen molar-refractivity contribution in [3.8, 4) is 11.5 Å². The molecule has 18 heavy (non-hydrogen) atoms. The fourth-order valence-electron chi connectivity index (χ4n) is 1.50. The average Bonchev–Trinajstić information content (AvgIpc) is 2.94. The van der Waals surface area contributed by atoms with E-state index < -0.39 is 11.9 Å². The van der Waals surface area contributed by atoms with Gasteiger partial charge in [-0.25, -0.2) is 4.68 Å². The summed E-state index contributed by atoms with van der Waals surface area (Å²) in [7, 11) is 1.68. The van der Waals surface area contributed by atoms with Crippen LogP contribution in [0.25, 0.3) is 11.5 Å². The second-order valence-corrected chi connectivity index (χ2v) is 4.03. The van der Waals surface area contributed by atoms with Gasteiger partial charge in [0.15, 0.2) is 5.69 Å². The van der Waals surface area contributed by atoms with E-state index in [1.807, 2.05) is 0 Å². The Bertz CT molecular complexity index is 561. The molecule has 0 aliphatic heterocycles. The van der Waals surface area contributed by atoms with E-state index in [1.54, 1.807) is 20.9 Å². The largest absolute Gasteiger partial charge is 0.481 e. The minimum atomic E-state index is -0.900. The topological polar surface area (TPSA) is 112 Å². The van der Waals surface area contributed by atoms with Gasteiger partial charge in [-0.15, -0.1) is 5.10 Å². The first kappa shape index (κ1) is 12.1. The van der Waals surface area contributed by atoms with Crippen LogP contribution in [0, 0.1) is 5.92 Å². The first-order valence-corrected chi connectivity index (χ1v) is 5.38. The number of rotatable bonds is 4. The molecule has 0 saturated heterocycles. The number of carboxylic acid groups (broad SMARTS) is 1. The van der Waals surface area contributed by atoms with E-state index in [2.05, 4.69) is 25.7 Å². The second-order valence-electron chi connectivity index (χ2n) is 4.03. The highest BCUT2D eigenvalue weighted by molar-refractivity contribution is 5.70. The standard InChI is InChI=1S/C9H13N7O2/c1-5(9(17)18)6(2)16-8(11-13-14-16)7-4-10-15(3)12-7/h4-6H,1-3H3,(H,17,18). The Hall–Kier alpha value is -2.32. The van der Waals surface area contributed by atoms with Gasteiger partial charge in [0, 0.05) is 7.05 Å². The van der Waals surface area contributed by atoms with Crippen molar-refractivity contribution in [1.29, 1.82) is 0 Å². The second kappa shape index (κ2) is 4.51. The molecule has 0 amide bonds. The molecule has 2 aromatic rings. The predicted octanol–water partition coefficient (Wildman–Crippen LogP) is -0.250. The summed E-state index contributed by atoms with van der Waals surface area (Å²) in [5.74, 6) is -1.10. The molecule has 0 radical (unpaired) electrons. The Kier molecular flexibility index (Phi) is 3.04. The summed E-state index contributed by atoms with van der Waals surface area (Å²) in [5.41, 5.74) is 0.506. The highest BCUT2D eigenvalue weighted by atomic mass is 16.4.